The normalized spacial score (nSPS) is 12.0. The smallest absolute Gasteiger partial charge is 0.310 e. The molecular weight excluding hydrogens is 211 g/mol. The van der Waals surface area contributed by atoms with Gasteiger partial charge in [-0.25, -0.2) is 0 Å². The van der Waals surface area contributed by atoms with Crippen molar-refractivity contribution >= 4 is 35.5 Å². The first kappa shape index (κ1) is 15.7. The molecular formula is C13H18NaO2. The van der Waals surface area contributed by atoms with Crippen molar-refractivity contribution in [1.82, 2.24) is 0 Å². The molecule has 0 saturated heterocycles. The predicted octanol–water partition coefficient (Wildman–Crippen LogP) is 2.69. The van der Waals surface area contributed by atoms with Gasteiger partial charge in [0.1, 0.15) is 0 Å². The van der Waals surface area contributed by atoms with Crippen LogP contribution in [0.25, 0.3) is 0 Å². The molecule has 0 aliphatic heterocycles. The van der Waals surface area contributed by atoms with E-state index in [9.17, 15) is 4.79 Å². The van der Waals surface area contributed by atoms with Gasteiger partial charge < -0.3 is 5.11 Å². The third-order valence-electron chi connectivity index (χ3n) is 2.49. The number of hydrogen-bond acceptors (Lipinski definition) is 1. The second-order valence-corrected chi connectivity index (χ2v) is 4.40. The third kappa shape index (κ3) is 4.69. The van der Waals surface area contributed by atoms with E-state index in [4.69, 9.17) is 5.11 Å². The summed E-state index contributed by atoms with van der Waals surface area (Å²) in [6.07, 6.45) is 1.04. The fourth-order valence-electron chi connectivity index (χ4n) is 1.56. The first-order valence-electron chi connectivity index (χ1n) is 5.32. The average Bonchev–Trinajstić information content (AvgIpc) is 2.17. The van der Waals surface area contributed by atoms with Crippen LogP contribution >= 0.6 is 0 Å². The van der Waals surface area contributed by atoms with Crippen molar-refractivity contribution in [3.8, 4) is 0 Å². The summed E-state index contributed by atoms with van der Waals surface area (Å²) in [6.45, 7) is 6.06. The molecule has 0 saturated carbocycles. The molecule has 0 heterocycles. The van der Waals surface area contributed by atoms with E-state index in [1.165, 1.54) is 5.56 Å². The van der Waals surface area contributed by atoms with E-state index in [0.717, 1.165) is 12.0 Å². The summed E-state index contributed by atoms with van der Waals surface area (Å²) >= 11 is 0. The molecule has 1 aromatic rings. The van der Waals surface area contributed by atoms with E-state index in [-0.39, 0.29) is 29.6 Å². The molecule has 0 unspecified atom stereocenters. The Balaban J connectivity index is 0.00000225. The molecule has 0 fully saturated rings. The fraction of sp³-hybridized carbons (Fsp3) is 0.462. The monoisotopic (exact) mass is 229 g/mol. The van der Waals surface area contributed by atoms with E-state index >= 15 is 0 Å². The molecule has 0 aromatic heterocycles. The molecule has 3 heteroatoms. The first-order valence-corrected chi connectivity index (χ1v) is 5.32. The van der Waals surface area contributed by atoms with Gasteiger partial charge in [0.25, 0.3) is 0 Å². The van der Waals surface area contributed by atoms with Crippen molar-refractivity contribution in [2.45, 2.75) is 33.1 Å². The zero-order chi connectivity index (χ0) is 11.4. The van der Waals surface area contributed by atoms with Gasteiger partial charge in [-0.05, 0) is 30.4 Å². The van der Waals surface area contributed by atoms with Crippen LogP contribution in [-0.4, -0.2) is 40.6 Å². The Morgan fingerprint density at radius 1 is 1.19 bits per heavy atom. The largest absolute Gasteiger partial charge is 0.481 e. The summed E-state index contributed by atoms with van der Waals surface area (Å²) in [5, 5.41) is 8.85. The number of carbonyl (C=O) groups is 1. The van der Waals surface area contributed by atoms with Crippen LogP contribution in [0.4, 0.5) is 0 Å². The molecule has 1 N–H and O–H groups in total. The van der Waals surface area contributed by atoms with Gasteiger partial charge in [-0.1, -0.05) is 38.1 Å². The van der Waals surface area contributed by atoms with Crippen LogP contribution in [0.1, 0.15) is 37.8 Å². The standard InChI is InChI=1S/C13H18O2.Na/c1-9(2)8-11-4-6-12(7-5-11)10(3)13(14)15;/h4-7,9-10H,8H2,1-3H3,(H,14,15);/t10-;/m0./s1. The summed E-state index contributed by atoms with van der Waals surface area (Å²) in [6, 6.07) is 7.87. The van der Waals surface area contributed by atoms with Gasteiger partial charge in [-0.15, -0.1) is 0 Å². The van der Waals surface area contributed by atoms with Crippen LogP contribution in [0.15, 0.2) is 24.3 Å². The number of carboxylic acid groups (broad SMARTS) is 1. The first-order chi connectivity index (χ1) is 7.00. The SMILES string of the molecule is CC(C)Cc1ccc([C@H](C)C(=O)O)cc1.[Na]. The van der Waals surface area contributed by atoms with Crippen molar-refractivity contribution < 1.29 is 9.90 Å². The Morgan fingerprint density at radius 2 is 1.69 bits per heavy atom. The number of carboxylic acids is 1. The average molecular weight is 229 g/mol. The zero-order valence-electron chi connectivity index (χ0n) is 10.5. The van der Waals surface area contributed by atoms with Crippen LogP contribution in [-0.2, 0) is 11.2 Å². The fourth-order valence-corrected chi connectivity index (χ4v) is 1.56. The molecule has 16 heavy (non-hydrogen) atoms. The minimum Gasteiger partial charge on any atom is -0.481 e. The van der Waals surface area contributed by atoms with Crippen molar-refractivity contribution in [3.63, 3.8) is 0 Å². The molecule has 0 aliphatic rings. The molecule has 1 atom stereocenters. The van der Waals surface area contributed by atoms with Gasteiger partial charge in [-0.2, -0.15) is 0 Å². The summed E-state index contributed by atoms with van der Waals surface area (Å²) in [7, 11) is 0. The maximum atomic E-state index is 10.8. The van der Waals surface area contributed by atoms with E-state index in [2.05, 4.69) is 13.8 Å². The number of hydrogen-bond donors (Lipinski definition) is 1. The number of benzene rings is 1. The van der Waals surface area contributed by atoms with Crippen molar-refractivity contribution in [3.05, 3.63) is 35.4 Å². The van der Waals surface area contributed by atoms with Crippen molar-refractivity contribution in [2.75, 3.05) is 0 Å². The van der Waals surface area contributed by atoms with Crippen LogP contribution in [0.3, 0.4) is 0 Å². The summed E-state index contributed by atoms with van der Waals surface area (Å²) in [4.78, 5) is 10.8. The second-order valence-electron chi connectivity index (χ2n) is 4.40. The van der Waals surface area contributed by atoms with Crippen LogP contribution < -0.4 is 0 Å². The Labute approximate surface area is 119 Å². The Kier molecular flexibility index (Phi) is 6.96. The summed E-state index contributed by atoms with van der Waals surface area (Å²) in [5.41, 5.74) is 2.14. The van der Waals surface area contributed by atoms with Crippen LogP contribution in [0.5, 0.6) is 0 Å². The number of rotatable bonds is 4. The van der Waals surface area contributed by atoms with Gasteiger partial charge in [0.05, 0.1) is 5.92 Å². The molecule has 0 aliphatic carbocycles. The maximum Gasteiger partial charge on any atom is 0.310 e. The Morgan fingerprint density at radius 3 is 2.06 bits per heavy atom. The second kappa shape index (κ2) is 7.10. The quantitative estimate of drug-likeness (QED) is 0.806. The summed E-state index contributed by atoms with van der Waals surface area (Å²) < 4.78 is 0. The van der Waals surface area contributed by atoms with Gasteiger partial charge in [0.2, 0.25) is 0 Å². The molecule has 1 rings (SSSR count). The van der Waals surface area contributed by atoms with Gasteiger partial charge in [0.15, 0.2) is 0 Å². The molecule has 0 bridgehead atoms. The summed E-state index contributed by atoms with van der Waals surface area (Å²) in [5.74, 6) is -0.558. The van der Waals surface area contributed by atoms with Gasteiger partial charge in [-0.3, -0.25) is 4.79 Å². The molecule has 0 spiro atoms. The van der Waals surface area contributed by atoms with Crippen molar-refractivity contribution in [2.24, 2.45) is 5.92 Å². The van der Waals surface area contributed by atoms with Crippen LogP contribution in [0, 0.1) is 5.92 Å². The molecule has 2 nitrogen and oxygen atoms in total. The molecule has 1 aromatic carbocycles. The molecule has 1 radical (unpaired) electrons. The zero-order valence-corrected chi connectivity index (χ0v) is 12.5. The third-order valence-corrected chi connectivity index (χ3v) is 2.49. The van der Waals surface area contributed by atoms with Crippen LogP contribution in [0.2, 0.25) is 0 Å². The van der Waals surface area contributed by atoms with E-state index in [1.807, 2.05) is 24.3 Å². The topological polar surface area (TPSA) is 37.3 Å². The minimum atomic E-state index is -0.772. The maximum absolute atomic E-state index is 10.8. The molecule has 83 valence electrons. The predicted molar refractivity (Wildman–Crippen MR) is 66.8 cm³/mol. The van der Waals surface area contributed by atoms with Gasteiger partial charge in [0, 0.05) is 29.6 Å². The van der Waals surface area contributed by atoms with E-state index < -0.39 is 11.9 Å². The van der Waals surface area contributed by atoms with Gasteiger partial charge >= 0.3 is 5.97 Å². The minimum absolute atomic E-state index is 0. The number of aliphatic carboxylic acids is 1. The Hall–Kier alpha value is -0.310. The van der Waals surface area contributed by atoms with E-state index in [0.29, 0.717) is 5.92 Å². The van der Waals surface area contributed by atoms with Crippen molar-refractivity contribution in [1.29, 1.82) is 0 Å². The molecule has 0 amide bonds. The Bertz CT molecular complexity index is 330. The van der Waals surface area contributed by atoms with E-state index in [1.54, 1.807) is 6.92 Å².